The lowest BCUT2D eigenvalue weighted by molar-refractivity contribution is -0.132. The van der Waals surface area contributed by atoms with Crippen molar-refractivity contribution in [3.63, 3.8) is 0 Å². The number of piperazine rings is 1. The first kappa shape index (κ1) is 20.4. The zero-order valence-corrected chi connectivity index (χ0v) is 18.7. The molecule has 2 aliphatic heterocycles. The molecule has 2 aliphatic rings. The van der Waals surface area contributed by atoms with Crippen molar-refractivity contribution in [2.24, 2.45) is 0 Å². The number of rotatable bonds is 4. The van der Waals surface area contributed by atoms with E-state index in [1.165, 1.54) is 12.8 Å². The molecule has 2 fully saturated rings. The lowest BCUT2D eigenvalue weighted by atomic mass is 10.2. The van der Waals surface area contributed by atoms with Crippen molar-refractivity contribution in [3.05, 3.63) is 41.1 Å². The van der Waals surface area contributed by atoms with E-state index < -0.39 is 0 Å². The molecule has 0 atom stereocenters. The summed E-state index contributed by atoms with van der Waals surface area (Å²) in [5, 5.41) is 5.25. The number of thiophene rings is 1. The second kappa shape index (κ2) is 9.32. The van der Waals surface area contributed by atoms with Crippen LogP contribution in [0.5, 0.6) is 0 Å². The van der Waals surface area contributed by atoms with Crippen molar-refractivity contribution < 1.29 is 4.79 Å². The zero-order chi connectivity index (χ0) is 21.0. The van der Waals surface area contributed by atoms with Gasteiger partial charge in [0.05, 0.1) is 12.1 Å². The van der Waals surface area contributed by atoms with E-state index in [1.54, 1.807) is 11.3 Å². The molecule has 4 heterocycles. The number of likely N-dealkylation sites (tertiary alicyclic amines) is 1. The Morgan fingerprint density at radius 2 is 1.68 bits per heavy atom. The lowest BCUT2D eigenvalue weighted by Crippen LogP contribution is -2.50. The molecule has 0 N–H and O–H groups in total. The molecule has 0 saturated carbocycles. The van der Waals surface area contributed by atoms with Crippen LogP contribution in [0.25, 0.3) is 22.3 Å². The third kappa shape index (κ3) is 4.57. The van der Waals surface area contributed by atoms with Gasteiger partial charge >= 0.3 is 0 Å². The number of benzene rings is 1. The number of aromatic nitrogens is 2. The van der Waals surface area contributed by atoms with Crippen molar-refractivity contribution in [1.82, 2.24) is 19.8 Å². The Hall–Kier alpha value is -2.51. The van der Waals surface area contributed by atoms with Crippen LogP contribution in [0.1, 0.15) is 25.7 Å². The Labute approximate surface area is 187 Å². The number of carbonyl (C=O) groups excluding carboxylic acids is 1. The highest BCUT2D eigenvalue weighted by Crippen LogP contribution is 2.29. The lowest BCUT2D eigenvalue weighted by Gasteiger charge is -2.36. The van der Waals surface area contributed by atoms with Crippen LogP contribution in [0.3, 0.4) is 0 Å². The molecule has 0 unspecified atom stereocenters. The maximum absolute atomic E-state index is 12.8. The third-order valence-electron chi connectivity index (χ3n) is 6.35. The maximum atomic E-state index is 12.8. The molecule has 31 heavy (non-hydrogen) atoms. The molecule has 0 radical (unpaired) electrons. The summed E-state index contributed by atoms with van der Waals surface area (Å²) >= 11 is 1.66. The van der Waals surface area contributed by atoms with Crippen molar-refractivity contribution in [3.8, 4) is 11.4 Å². The van der Waals surface area contributed by atoms with E-state index in [1.807, 2.05) is 6.07 Å². The Kier molecular flexibility index (Phi) is 6.13. The molecule has 5 rings (SSSR count). The van der Waals surface area contributed by atoms with Crippen LogP contribution in [0.15, 0.2) is 41.1 Å². The number of nitrogens with zero attached hydrogens (tertiary/aromatic N) is 5. The molecule has 1 amide bonds. The number of hydrogen-bond donors (Lipinski definition) is 0. The SMILES string of the molecule is O=C(CN1CCN(c2nc(-c3ccsc3)nc3ccccc23)CC1)N1CCCCCC1. The Morgan fingerprint density at radius 1 is 0.903 bits per heavy atom. The van der Waals surface area contributed by atoms with E-state index in [0.717, 1.165) is 80.2 Å². The largest absolute Gasteiger partial charge is 0.353 e. The molecule has 6 nitrogen and oxygen atoms in total. The van der Waals surface area contributed by atoms with Crippen LogP contribution in [-0.4, -0.2) is 71.5 Å². The maximum Gasteiger partial charge on any atom is 0.236 e. The van der Waals surface area contributed by atoms with E-state index in [9.17, 15) is 4.79 Å². The zero-order valence-electron chi connectivity index (χ0n) is 17.9. The number of para-hydroxylation sites is 1. The number of amides is 1. The van der Waals surface area contributed by atoms with Gasteiger partial charge in [0, 0.05) is 55.6 Å². The van der Waals surface area contributed by atoms with Crippen LogP contribution >= 0.6 is 11.3 Å². The molecular formula is C24H29N5OS. The predicted molar refractivity (Wildman–Crippen MR) is 127 cm³/mol. The third-order valence-corrected chi connectivity index (χ3v) is 7.04. The molecule has 3 aromatic rings. The van der Waals surface area contributed by atoms with Gasteiger partial charge in [0.25, 0.3) is 0 Å². The van der Waals surface area contributed by atoms with Crippen LogP contribution < -0.4 is 4.90 Å². The van der Waals surface area contributed by atoms with Gasteiger partial charge in [-0.15, -0.1) is 0 Å². The minimum atomic E-state index is 0.294. The molecule has 0 bridgehead atoms. The Bertz CT molecular complexity index is 1020. The van der Waals surface area contributed by atoms with E-state index in [0.29, 0.717) is 12.5 Å². The summed E-state index contributed by atoms with van der Waals surface area (Å²) in [7, 11) is 0. The first-order valence-corrected chi connectivity index (χ1v) is 12.3. The molecule has 162 valence electrons. The Morgan fingerprint density at radius 3 is 2.42 bits per heavy atom. The minimum absolute atomic E-state index is 0.294. The van der Waals surface area contributed by atoms with Gasteiger partial charge in [0.1, 0.15) is 5.82 Å². The fourth-order valence-corrected chi connectivity index (χ4v) is 5.19. The van der Waals surface area contributed by atoms with Gasteiger partial charge in [0.2, 0.25) is 5.91 Å². The molecule has 0 spiro atoms. The van der Waals surface area contributed by atoms with E-state index in [2.05, 4.69) is 49.7 Å². The number of hydrogen-bond acceptors (Lipinski definition) is 6. The van der Waals surface area contributed by atoms with E-state index >= 15 is 0 Å². The van der Waals surface area contributed by atoms with E-state index in [-0.39, 0.29) is 0 Å². The highest BCUT2D eigenvalue weighted by molar-refractivity contribution is 7.08. The van der Waals surface area contributed by atoms with Crippen molar-refractivity contribution in [1.29, 1.82) is 0 Å². The van der Waals surface area contributed by atoms with Gasteiger partial charge in [-0.1, -0.05) is 25.0 Å². The van der Waals surface area contributed by atoms with Gasteiger partial charge in [-0.2, -0.15) is 11.3 Å². The van der Waals surface area contributed by atoms with Crippen molar-refractivity contribution in [2.45, 2.75) is 25.7 Å². The summed E-state index contributed by atoms with van der Waals surface area (Å²) in [4.78, 5) is 29.3. The van der Waals surface area contributed by atoms with Crippen LogP contribution in [0, 0.1) is 0 Å². The number of anilines is 1. The second-order valence-electron chi connectivity index (χ2n) is 8.46. The summed E-state index contributed by atoms with van der Waals surface area (Å²) < 4.78 is 0. The van der Waals surface area contributed by atoms with E-state index in [4.69, 9.17) is 9.97 Å². The van der Waals surface area contributed by atoms with Gasteiger partial charge in [0.15, 0.2) is 5.82 Å². The second-order valence-corrected chi connectivity index (χ2v) is 9.24. The molecule has 2 aromatic heterocycles. The number of carbonyl (C=O) groups is 1. The normalized spacial score (nSPS) is 18.3. The van der Waals surface area contributed by atoms with Gasteiger partial charge in [-0.25, -0.2) is 9.97 Å². The summed E-state index contributed by atoms with van der Waals surface area (Å²) in [5.74, 6) is 2.08. The predicted octanol–water partition coefficient (Wildman–Crippen LogP) is 3.88. The van der Waals surface area contributed by atoms with Gasteiger partial charge < -0.3 is 9.80 Å². The standard InChI is InChI=1S/C24H29N5OS/c30-22(28-10-5-1-2-6-11-28)17-27-12-14-29(15-13-27)24-20-7-3-4-8-21(20)25-23(26-24)19-9-16-31-18-19/h3-4,7-9,16,18H,1-2,5-6,10-15,17H2. The quantitative estimate of drug-likeness (QED) is 0.622. The van der Waals surface area contributed by atoms with Crippen molar-refractivity contribution >= 4 is 34.0 Å². The highest BCUT2D eigenvalue weighted by Gasteiger charge is 2.24. The molecular weight excluding hydrogens is 406 g/mol. The monoisotopic (exact) mass is 435 g/mol. The fourth-order valence-electron chi connectivity index (χ4n) is 4.55. The van der Waals surface area contributed by atoms with Crippen molar-refractivity contribution in [2.75, 3.05) is 50.7 Å². The van der Waals surface area contributed by atoms with Gasteiger partial charge in [-0.3, -0.25) is 9.69 Å². The Balaban J connectivity index is 1.29. The summed E-state index contributed by atoms with van der Waals surface area (Å²) in [6.07, 6.45) is 4.80. The molecule has 1 aromatic carbocycles. The highest BCUT2D eigenvalue weighted by atomic mass is 32.1. The van der Waals surface area contributed by atoms with Gasteiger partial charge in [-0.05, 0) is 36.4 Å². The first-order valence-electron chi connectivity index (χ1n) is 11.3. The minimum Gasteiger partial charge on any atom is -0.353 e. The molecule has 0 aliphatic carbocycles. The average molecular weight is 436 g/mol. The smallest absolute Gasteiger partial charge is 0.236 e. The fraction of sp³-hybridized carbons (Fsp3) is 0.458. The average Bonchev–Trinajstić information content (AvgIpc) is 3.21. The topological polar surface area (TPSA) is 52.6 Å². The molecule has 2 saturated heterocycles. The summed E-state index contributed by atoms with van der Waals surface area (Å²) in [5.41, 5.74) is 2.05. The van der Waals surface area contributed by atoms with Crippen LogP contribution in [0.4, 0.5) is 5.82 Å². The number of fused-ring (bicyclic) bond motifs is 1. The first-order chi connectivity index (χ1) is 15.3. The molecule has 7 heteroatoms. The summed E-state index contributed by atoms with van der Waals surface area (Å²) in [6.45, 7) is 5.90. The summed E-state index contributed by atoms with van der Waals surface area (Å²) in [6, 6.07) is 10.3. The van der Waals surface area contributed by atoms with Crippen LogP contribution in [0.2, 0.25) is 0 Å². The van der Waals surface area contributed by atoms with Crippen LogP contribution in [-0.2, 0) is 4.79 Å².